The first kappa shape index (κ1) is 19.2. The van der Waals surface area contributed by atoms with Crippen molar-refractivity contribution >= 4 is 44.7 Å². The van der Waals surface area contributed by atoms with Crippen LogP contribution in [0.3, 0.4) is 0 Å². The summed E-state index contributed by atoms with van der Waals surface area (Å²) in [5, 5.41) is 0.797. The van der Waals surface area contributed by atoms with Crippen LogP contribution in [0.2, 0.25) is 0 Å². The molecule has 3 heterocycles. The molecule has 4 aromatic rings. The monoisotopic (exact) mass is 483 g/mol. The molecule has 2 aromatic heterocycles. The van der Waals surface area contributed by atoms with E-state index in [1.807, 2.05) is 12.1 Å². The topological polar surface area (TPSA) is 88.1 Å². The fraction of sp³-hybridized carbons (Fsp3) is 0.190. The lowest BCUT2D eigenvalue weighted by atomic mass is 10.1. The third kappa shape index (κ3) is 3.48. The maximum atomic E-state index is 6.08. The molecule has 0 atom stereocenters. The Balaban J connectivity index is 1.54. The molecule has 5 rings (SSSR count). The summed E-state index contributed by atoms with van der Waals surface area (Å²) >= 11 is 5.16. The second-order valence-corrected chi connectivity index (χ2v) is 8.76. The van der Waals surface area contributed by atoms with Gasteiger partial charge in [-0.25, -0.2) is 15.0 Å². The number of nitrogen functional groups attached to an aromatic ring is 1. The Morgan fingerprint density at radius 3 is 2.80 bits per heavy atom. The zero-order valence-electron chi connectivity index (χ0n) is 16.1. The number of nitrogens with zero attached hydrogens (tertiary/aromatic N) is 4. The van der Waals surface area contributed by atoms with Gasteiger partial charge in [0.1, 0.15) is 6.33 Å². The van der Waals surface area contributed by atoms with Crippen LogP contribution in [0.15, 0.2) is 57.3 Å². The second-order valence-electron chi connectivity index (χ2n) is 6.89. The fourth-order valence-corrected chi connectivity index (χ4v) is 4.92. The number of benzene rings is 2. The Hall–Kier alpha value is -2.78. The molecule has 30 heavy (non-hydrogen) atoms. The van der Waals surface area contributed by atoms with E-state index in [9.17, 15) is 0 Å². The van der Waals surface area contributed by atoms with Crippen molar-refractivity contribution in [3.05, 3.63) is 58.3 Å². The van der Waals surface area contributed by atoms with E-state index in [1.54, 1.807) is 0 Å². The standard InChI is InChI=1S/C21H18BrN5O2S/c1-12-4-2-3-5-13(12)6-7-27-20-18(19(23)24-10-25-20)26-21(27)30-17-9-16-15(8-14(17)22)28-11-29-16/h2-5,8-10H,6-7,11H2,1H3,(H2,23,24,25). The molecule has 0 aliphatic carbocycles. The molecule has 0 bridgehead atoms. The maximum absolute atomic E-state index is 6.08. The van der Waals surface area contributed by atoms with Crippen LogP contribution >= 0.6 is 27.7 Å². The van der Waals surface area contributed by atoms with Gasteiger partial charge in [-0.2, -0.15) is 0 Å². The number of ether oxygens (including phenoxy) is 2. The van der Waals surface area contributed by atoms with E-state index in [0.29, 0.717) is 11.3 Å². The molecule has 0 radical (unpaired) electrons. The highest BCUT2D eigenvalue weighted by molar-refractivity contribution is 9.10. The number of rotatable bonds is 5. The van der Waals surface area contributed by atoms with Gasteiger partial charge >= 0.3 is 0 Å². The molecule has 7 nitrogen and oxygen atoms in total. The highest BCUT2D eigenvalue weighted by atomic mass is 79.9. The van der Waals surface area contributed by atoms with Crippen LogP contribution in [-0.4, -0.2) is 26.3 Å². The van der Waals surface area contributed by atoms with Crippen LogP contribution < -0.4 is 15.2 Å². The SMILES string of the molecule is Cc1ccccc1CCn1c(Sc2cc3c(cc2Br)OCO3)nc2c(N)ncnc21. The third-order valence-corrected chi connectivity index (χ3v) is 6.99. The lowest BCUT2D eigenvalue weighted by molar-refractivity contribution is 0.174. The average molecular weight is 484 g/mol. The van der Waals surface area contributed by atoms with E-state index in [1.165, 1.54) is 29.2 Å². The van der Waals surface area contributed by atoms with Crippen LogP contribution in [0.4, 0.5) is 5.82 Å². The number of aromatic nitrogens is 4. The molecular weight excluding hydrogens is 466 g/mol. The first-order valence-corrected chi connectivity index (χ1v) is 11.0. The molecule has 0 fully saturated rings. The summed E-state index contributed by atoms with van der Waals surface area (Å²) < 4.78 is 14.0. The first-order chi connectivity index (χ1) is 14.6. The van der Waals surface area contributed by atoms with Crippen LogP contribution in [0.5, 0.6) is 11.5 Å². The highest BCUT2D eigenvalue weighted by Crippen LogP contribution is 2.43. The summed E-state index contributed by atoms with van der Waals surface area (Å²) in [7, 11) is 0. The molecule has 2 N–H and O–H groups in total. The number of hydrogen-bond acceptors (Lipinski definition) is 7. The van der Waals surface area contributed by atoms with Crippen molar-refractivity contribution in [3.63, 3.8) is 0 Å². The normalized spacial score (nSPS) is 12.6. The molecule has 9 heteroatoms. The molecular formula is C21H18BrN5O2S. The second kappa shape index (κ2) is 7.81. The molecule has 1 aliphatic rings. The number of imidazole rings is 1. The Bertz CT molecular complexity index is 1260. The van der Waals surface area contributed by atoms with Gasteiger partial charge < -0.3 is 19.8 Å². The molecule has 0 spiro atoms. The van der Waals surface area contributed by atoms with Gasteiger partial charge in [-0.05, 0) is 52.5 Å². The zero-order valence-corrected chi connectivity index (χ0v) is 18.5. The first-order valence-electron chi connectivity index (χ1n) is 9.38. The van der Waals surface area contributed by atoms with E-state index in [0.717, 1.165) is 44.6 Å². The lowest BCUT2D eigenvalue weighted by Gasteiger charge is -2.11. The Morgan fingerprint density at radius 2 is 1.97 bits per heavy atom. The van der Waals surface area contributed by atoms with Crippen molar-refractivity contribution in [2.45, 2.75) is 29.9 Å². The van der Waals surface area contributed by atoms with Gasteiger partial charge in [-0.1, -0.05) is 36.0 Å². The van der Waals surface area contributed by atoms with Gasteiger partial charge in [0.2, 0.25) is 6.79 Å². The molecule has 152 valence electrons. The van der Waals surface area contributed by atoms with Gasteiger partial charge in [-0.15, -0.1) is 0 Å². The Kier molecular flexibility index (Phi) is 5.00. The number of nitrogens with two attached hydrogens (primary N) is 1. The van der Waals surface area contributed by atoms with E-state index >= 15 is 0 Å². The van der Waals surface area contributed by atoms with Crippen molar-refractivity contribution < 1.29 is 9.47 Å². The predicted molar refractivity (Wildman–Crippen MR) is 119 cm³/mol. The predicted octanol–water partition coefficient (Wildman–Crippen LogP) is 4.60. The zero-order chi connectivity index (χ0) is 20.7. The lowest BCUT2D eigenvalue weighted by Crippen LogP contribution is -2.05. The number of halogens is 1. The Labute approximate surface area is 185 Å². The van der Waals surface area contributed by atoms with E-state index in [-0.39, 0.29) is 6.79 Å². The minimum atomic E-state index is 0.233. The van der Waals surface area contributed by atoms with E-state index in [2.05, 4.69) is 61.7 Å². The molecule has 0 saturated heterocycles. The smallest absolute Gasteiger partial charge is 0.231 e. The number of fused-ring (bicyclic) bond motifs is 2. The van der Waals surface area contributed by atoms with Gasteiger partial charge in [-0.3, -0.25) is 0 Å². The van der Waals surface area contributed by atoms with Crippen LogP contribution in [-0.2, 0) is 13.0 Å². The van der Waals surface area contributed by atoms with Gasteiger partial charge in [0.25, 0.3) is 0 Å². The van der Waals surface area contributed by atoms with E-state index < -0.39 is 0 Å². The van der Waals surface area contributed by atoms with Gasteiger partial charge in [0.05, 0.1) is 0 Å². The van der Waals surface area contributed by atoms with Gasteiger partial charge in [0.15, 0.2) is 33.6 Å². The molecule has 2 aromatic carbocycles. The number of hydrogen-bond donors (Lipinski definition) is 1. The van der Waals surface area contributed by atoms with E-state index in [4.69, 9.17) is 20.2 Å². The van der Waals surface area contributed by atoms with Crippen LogP contribution in [0, 0.1) is 6.92 Å². The van der Waals surface area contributed by atoms with Crippen LogP contribution in [0.1, 0.15) is 11.1 Å². The highest BCUT2D eigenvalue weighted by Gasteiger charge is 2.21. The summed E-state index contributed by atoms with van der Waals surface area (Å²) in [5.74, 6) is 1.83. The molecule has 0 amide bonds. The van der Waals surface area contributed by atoms with Crippen molar-refractivity contribution in [3.8, 4) is 11.5 Å². The minimum absolute atomic E-state index is 0.233. The molecule has 1 aliphatic heterocycles. The van der Waals surface area contributed by atoms with Crippen molar-refractivity contribution in [2.24, 2.45) is 0 Å². The van der Waals surface area contributed by atoms with Crippen LogP contribution in [0.25, 0.3) is 11.2 Å². The summed E-state index contributed by atoms with van der Waals surface area (Å²) in [5.41, 5.74) is 9.99. The quantitative estimate of drug-likeness (QED) is 0.443. The maximum Gasteiger partial charge on any atom is 0.231 e. The largest absolute Gasteiger partial charge is 0.454 e. The third-order valence-electron chi connectivity index (χ3n) is 5.02. The minimum Gasteiger partial charge on any atom is -0.454 e. The van der Waals surface area contributed by atoms with Crippen molar-refractivity contribution in [2.75, 3.05) is 12.5 Å². The summed E-state index contributed by atoms with van der Waals surface area (Å²) in [6.07, 6.45) is 2.34. The van der Waals surface area contributed by atoms with Crippen molar-refractivity contribution in [1.29, 1.82) is 0 Å². The number of anilines is 1. The molecule has 0 saturated carbocycles. The molecule has 0 unspecified atom stereocenters. The summed E-state index contributed by atoms with van der Waals surface area (Å²) in [4.78, 5) is 14.3. The average Bonchev–Trinajstić information content (AvgIpc) is 3.32. The van der Waals surface area contributed by atoms with Gasteiger partial charge in [0, 0.05) is 15.9 Å². The summed E-state index contributed by atoms with van der Waals surface area (Å²) in [6, 6.07) is 12.3. The Morgan fingerprint density at radius 1 is 1.17 bits per heavy atom. The summed E-state index contributed by atoms with van der Waals surface area (Å²) in [6.45, 7) is 3.08. The van der Waals surface area contributed by atoms with Crippen molar-refractivity contribution in [1.82, 2.24) is 19.5 Å². The number of aryl methyl sites for hydroxylation is 3. The fourth-order valence-electron chi connectivity index (χ4n) is 3.41.